The van der Waals surface area contributed by atoms with Crippen molar-refractivity contribution < 1.29 is 4.79 Å². The van der Waals surface area contributed by atoms with Crippen LogP contribution in [0.3, 0.4) is 0 Å². The number of carbonyl (C=O) groups is 1. The van der Waals surface area contributed by atoms with Gasteiger partial charge in [-0.25, -0.2) is 4.98 Å². The Hall–Kier alpha value is -2.92. The van der Waals surface area contributed by atoms with Crippen LogP contribution < -0.4 is 10.6 Å². The van der Waals surface area contributed by atoms with E-state index in [2.05, 4.69) is 20.6 Å². The molecule has 0 spiro atoms. The number of anilines is 3. The van der Waals surface area contributed by atoms with Gasteiger partial charge in [0, 0.05) is 12.4 Å². The van der Waals surface area contributed by atoms with Crippen molar-refractivity contribution in [3.05, 3.63) is 77.7 Å². The molecule has 23 heavy (non-hydrogen) atoms. The lowest BCUT2D eigenvalue weighted by Crippen LogP contribution is -2.13. The van der Waals surface area contributed by atoms with Crippen molar-refractivity contribution in [2.24, 2.45) is 0 Å². The van der Waals surface area contributed by atoms with Crippen molar-refractivity contribution >= 4 is 34.7 Å². The third-order valence-corrected chi connectivity index (χ3v) is 3.41. The minimum absolute atomic E-state index is 0.252. The molecular weight excluding hydrogens is 312 g/mol. The third-order valence-electron chi connectivity index (χ3n) is 3.08. The van der Waals surface area contributed by atoms with Gasteiger partial charge in [0.2, 0.25) is 0 Å². The summed E-state index contributed by atoms with van der Waals surface area (Å²) in [5.74, 6) is 0.209. The lowest BCUT2D eigenvalue weighted by Gasteiger charge is -2.09. The van der Waals surface area contributed by atoms with Crippen LogP contribution >= 0.6 is 11.6 Å². The van der Waals surface area contributed by atoms with Crippen molar-refractivity contribution in [2.75, 3.05) is 10.6 Å². The van der Waals surface area contributed by atoms with E-state index in [-0.39, 0.29) is 5.91 Å². The largest absolute Gasteiger partial charge is 0.353 e. The molecule has 6 heteroatoms. The fourth-order valence-electron chi connectivity index (χ4n) is 1.95. The van der Waals surface area contributed by atoms with Gasteiger partial charge in [-0.1, -0.05) is 23.7 Å². The normalized spacial score (nSPS) is 10.1. The second kappa shape index (κ2) is 6.89. The molecule has 2 N–H and O–H groups in total. The van der Waals surface area contributed by atoms with E-state index in [9.17, 15) is 4.79 Å². The number of halogens is 1. The molecule has 0 atom stereocenters. The van der Waals surface area contributed by atoms with Gasteiger partial charge < -0.3 is 10.6 Å². The predicted molar refractivity (Wildman–Crippen MR) is 91.2 cm³/mol. The van der Waals surface area contributed by atoms with Gasteiger partial charge in [0.25, 0.3) is 5.91 Å². The number of nitrogens with zero attached hydrogens (tertiary/aromatic N) is 2. The summed E-state index contributed by atoms with van der Waals surface area (Å²) < 4.78 is 0. The summed E-state index contributed by atoms with van der Waals surface area (Å²) in [7, 11) is 0. The molecule has 1 amide bonds. The van der Waals surface area contributed by atoms with Crippen LogP contribution in [0.4, 0.5) is 17.2 Å². The van der Waals surface area contributed by atoms with Gasteiger partial charge in [-0.05, 0) is 36.4 Å². The van der Waals surface area contributed by atoms with Crippen LogP contribution in [0.15, 0.2) is 67.1 Å². The smallest absolute Gasteiger partial charge is 0.258 e. The maximum atomic E-state index is 12.0. The van der Waals surface area contributed by atoms with Crippen molar-refractivity contribution in [3.8, 4) is 0 Å². The van der Waals surface area contributed by atoms with Crippen LogP contribution in [0.5, 0.6) is 0 Å². The molecule has 3 rings (SSSR count). The maximum Gasteiger partial charge on any atom is 0.258 e. The fourth-order valence-corrected chi connectivity index (χ4v) is 2.13. The Bertz CT molecular complexity index is 806. The van der Waals surface area contributed by atoms with Crippen molar-refractivity contribution in [2.45, 2.75) is 0 Å². The number of hydrogen-bond acceptors (Lipinski definition) is 4. The Labute approximate surface area is 138 Å². The number of carbonyl (C=O) groups excluding carboxylic acids is 1. The number of amides is 1. The number of nitrogens with one attached hydrogen (secondary N) is 2. The average molecular weight is 325 g/mol. The summed E-state index contributed by atoms with van der Waals surface area (Å²) in [6, 6.07) is 14.4. The first-order valence-corrected chi connectivity index (χ1v) is 7.29. The monoisotopic (exact) mass is 324 g/mol. The molecular formula is C17H13ClN4O. The van der Waals surface area contributed by atoms with E-state index < -0.39 is 0 Å². The molecule has 0 fully saturated rings. The highest BCUT2D eigenvalue weighted by molar-refractivity contribution is 6.33. The number of aromatic nitrogens is 2. The average Bonchev–Trinajstić information content (AvgIpc) is 2.59. The molecule has 1 aromatic carbocycles. The number of rotatable bonds is 4. The van der Waals surface area contributed by atoms with Crippen molar-refractivity contribution in [1.82, 2.24) is 9.97 Å². The predicted octanol–water partition coefficient (Wildman–Crippen LogP) is 4.13. The Morgan fingerprint density at radius 2 is 1.87 bits per heavy atom. The summed E-state index contributed by atoms with van der Waals surface area (Å²) in [5, 5.41) is 6.51. The molecule has 0 unspecified atom stereocenters. The van der Waals surface area contributed by atoms with Gasteiger partial charge in [0.15, 0.2) is 0 Å². The van der Waals surface area contributed by atoms with Crippen LogP contribution in [0.1, 0.15) is 10.4 Å². The first-order valence-electron chi connectivity index (χ1n) is 6.91. The highest BCUT2D eigenvalue weighted by atomic mass is 35.5. The summed E-state index contributed by atoms with van der Waals surface area (Å²) in [6.45, 7) is 0. The SMILES string of the molecule is O=C(Nc1ccc(Nc2ccccc2Cl)cn1)c1cccnc1. The lowest BCUT2D eigenvalue weighted by molar-refractivity contribution is 0.102. The number of para-hydroxylation sites is 1. The first kappa shape index (κ1) is 15.0. The standard InChI is InChI=1S/C17H13ClN4O/c18-14-5-1-2-6-15(14)21-13-7-8-16(20-11-13)22-17(23)12-4-3-9-19-10-12/h1-11,21H,(H,20,22,23). The van der Waals surface area contributed by atoms with Gasteiger partial charge in [0.05, 0.1) is 28.2 Å². The Morgan fingerprint density at radius 3 is 2.57 bits per heavy atom. The molecule has 3 aromatic rings. The van der Waals surface area contributed by atoms with E-state index in [0.29, 0.717) is 16.4 Å². The van der Waals surface area contributed by atoms with Gasteiger partial charge in [-0.15, -0.1) is 0 Å². The lowest BCUT2D eigenvalue weighted by atomic mass is 10.2. The quantitative estimate of drug-likeness (QED) is 0.757. The minimum Gasteiger partial charge on any atom is -0.353 e. The molecule has 0 aliphatic rings. The Morgan fingerprint density at radius 1 is 1.00 bits per heavy atom. The zero-order chi connectivity index (χ0) is 16.1. The van der Waals surface area contributed by atoms with Gasteiger partial charge in [-0.2, -0.15) is 0 Å². The molecule has 0 aliphatic heterocycles. The molecule has 5 nitrogen and oxygen atoms in total. The van der Waals surface area contributed by atoms with Gasteiger partial charge in [-0.3, -0.25) is 9.78 Å². The van der Waals surface area contributed by atoms with Crippen LogP contribution in [0.2, 0.25) is 5.02 Å². The Balaban J connectivity index is 1.68. The van der Waals surface area contributed by atoms with Crippen LogP contribution in [0.25, 0.3) is 0 Å². The second-order valence-electron chi connectivity index (χ2n) is 4.73. The molecule has 2 aromatic heterocycles. The van der Waals surface area contributed by atoms with E-state index in [1.54, 1.807) is 36.7 Å². The molecule has 0 saturated carbocycles. The van der Waals surface area contributed by atoms with Crippen LogP contribution in [-0.2, 0) is 0 Å². The van der Waals surface area contributed by atoms with E-state index in [4.69, 9.17) is 11.6 Å². The zero-order valence-electron chi connectivity index (χ0n) is 12.0. The van der Waals surface area contributed by atoms with Gasteiger partial charge in [0.1, 0.15) is 5.82 Å². The number of hydrogen-bond donors (Lipinski definition) is 2. The second-order valence-corrected chi connectivity index (χ2v) is 5.14. The molecule has 2 heterocycles. The molecule has 0 bridgehead atoms. The molecule has 0 radical (unpaired) electrons. The minimum atomic E-state index is -0.252. The van der Waals surface area contributed by atoms with Crippen LogP contribution in [0, 0.1) is 0 Å². The molecule has 0 saturated heterocycles. The highest BCUT2D eigenvalue weighted by Crippen LogP contribution is 2.24. The summed E-state index contributed by atoms with van der Waals surface area (Å²) in [4.78, 5) is 20.1. The molecule has 114 valence electrons. The van der Waals surface area contributed by atoms with E-state index in [0.717, 1.165) is 11.4 Å². The summed E-state index contributed by atoms with van der Waals surface area (Å²) >= 11 is 6.10. The topological polar surface area (TPSA) is 66.9 Å². The summed E-state index contributed by atoms with van der Waals surface area (Å²) in [5.41, 5.74) is 2.05. The number of pyridine rings is 2. The van der Waals surface area contributed by atoms with Crippen molar-refractivity contribution in [1.29, 1.82) is 0 Å². The van der Waals surface area contributed by atoms with Crippen LogP contribution in [-0.4, -0.2) is 15.9 Å². The fraction of sp³-hybridized carbons (Fsp3) is 0. The summed E-state index contributed by atoms with van der Waals surface area (Å²) in [6.07, 6.45) is 4.75. The van der Waals surface area contributed by atoms with E-state index >= 15 is 0 Å². The number of benzene rings is 1. The van der Waals surface area contributed by atoms with E-state index in [1.807, 2.05) is 24.3 Å². The van der Waals surface area contributed by atoms with Gasteiger partial charge >= 0.3 is 0 Å². The molecule has 0 aliphatic carbocycles. The highest BCUT2D eigenvalue weighted by Gasteiger charge is 2.06. The maximum absolute atomic E-state index is 12.0. The van der Waals surface area contributed by atoms with E-state index in [1.165, 1.54) is 6.20 Å². The van der Waals surface area contributed by atoms with Crippen molar-refractivity contribution in [3.63, 3.8) is 0 Å². The third kappa shape index (κ3) is 3.84. The zero-order valence-corrected chi connectivity index (χ0v) is 12.8. The first-order chi connectivity index (χ1) is 11.2. The Kier molecular flexibility index (Phi) is 4.49.